The Hall–Kier alpha value is -3.00. The lowest BCUT2D eigenvalue weighted by molar-refractivity contribution is -0.136. The standard InChI is InChI=1S/C23H29N7O/c31-23(29-12-4-11-27(15-16-29)17-19-5-2-1-3-6-19)20-9-13-28(14-10-20)22-8-7-21-25-24-18-30(21)26-22/h1-3,5-8,18,20H,4,9-17H2. The quantitative estimate of drug-likeness (QED) is 0.645. The highest BCUT2D eigenvalue weighted by atomic mass is 16.2. The zero-order valence-corrected chi connectivity index (χ0v) is 17.8. The zero-order chi connectivity index (χ0) is 21.0. The summed E-state index contributed by atoms with van der Waals surface area (Å²) in [6, 6.07) is 14.5. The van der Waals surface area contributed by atoms with Crippen LogP contribution in [0.15, 0.2) is 48.8 Å². The van der Waals surface area contributed by atoms with Crippen LogP contribution in [-0.4, -0.2) is 74.8 Å². The van der Waals surface area contributed by atoms with Crippen molar-refractivity contribution >= 4 is 17.4 Å². The van der Waals surface area contributed by atoms with Gasteiger partial charge in [0.25, 0.3) is 0 Å². The van der Waals surface area contributed by atoms with Crippen LogP contribution >= 0.6 is 0 Å². The molecule has 0 aliphatic carbocycles. The number of fused-ring (bicyclic) bond motifs is 1. The highest BCUT2D eigenvalue weighted by molar-refractivity contribution is 5.79. The molecule has 31 heavy (non-hydrogen) atoms. The van der Waals surface area contributed by atoms with Crippen molar-refractivity contribution in [1.82, 2.24) is 29.6 Å². The topological polar surface area (TPSA) is 69.9 Å². The van der Waals surface area contributed by atoms with Crippen LogP contribution in [0.25, 0.3) is 5.65 Å². The van der Waals surface area contributed by atoms with E-state index in [-0.39, 0.29) is 5.92 Å². The van der Waals surface area contributed by atoms with E-state index >= 15 is 0 Å². The van der Waals surface area contributed by atoms with E-state index in [4.69, 9.17) is 0 Å². The second-order valence-electron chi connectivity index (χ2n) is 8.53. The Balaban J connectivity index is 1.14. The molecule has 1 amide bonds. The molecule has 0 spiro atoms. The Labute approximate surface area is 182 Å². The van der Waals surface area contributed by atoms with Crippen LogP contribution in [0.2, 0.25) is 0 Å². The monoisotopic (exact) mass is 419 g/mol. The predicted octanol–water partition coefficient (Wildman–Crippen LogP) is 2.08. The molecule has 0 radical (unpaired) electrons. The maximum Gasteiger partial charge on any atom is 0.225 e. The van der Waals surface area contributed by atoms with E-state index in [0.29, 0.717) is 5.91 Å². The molecule has 0 atom stereocenters. The fraction of sp³-hybridized carbons (Fsp3) is 0.478. The number of anilines is 1. The fourth-order valence-electron chi connectivity index (χ4n) is 4.69. The van der Waals surface area contributed by atoms with Gasteiger partial charge in [-0.05, 0) is 37.0 Å². The summed E-state index contributed by atoms with van der Waals surface area (Å²) in [5.74, 6) is 1.38. The van der Waals surface area contributed by atoms with Crippen LogP contribution in [0.3, 0.4) is 0 Å². The summed E-state index contributed by atoms with van der Waals surface area (Å²) in [7, 11) is 0. The minimum atomic E-state index is 0.121. The van der Waals surface area contributed by atoms with Crippen LogP contribution in [0.5, 0.6) is 0 Å². The van der Waals surface area contributed by atoms with Gasteiger partial charge in [-0.25, -0.2) is 0 Å². The molecule has 0 unspecified atom stereocenters. The summed E-state index contributed by atoms with van der Waals surface area (Å²) < 4.78 is 1.70. The number of nitrogens with zero attached hydrogens (tertiary/aromatic N) is 7. The van der Waals surface area contributed by atoms with Crippen molar-refractivity contribution in [2.45, 2.75) is 25.8 Å². The number of benzene rings is 1. The van der Waals surface area contributed by atoms with Gasteiger partial charge in [0.05, 0.1) is 0 Å². The van der Waals surface area contributed by atoms with Gasteiger partial charge in [-0.1, -0.05) is 30.3 Å². The Morgan fingerprint density at radius 3 is 2.61 bits per heavy atom. The Bertz CT molecular complexity index is 1010. The summed E-state index contributed by atoms with van der Waals surface area (Å²) in [5, 5.41) is 12.5. The van der Waals surface area contributed by atoms with Gasteiger partial charge in [0.15, 0.2) is 5.65 Å². The van der Waals surface area contributed by atoms with Crippen LogP contribution in [0.4, 0.5) is 5.82 Å². The molecule has 8 heteroatoms. The molecule has 2 fully saturated rings. The van der Waals surface area contributed by atoms with Gasteiger partial charge in [-0.3, -0.25) is 9.69 Å². The van der Waals surface area contributed by atoms with E-state index in [1.165, 1.54) is 5.56 Å². The molecule has 4 heterocycles. The summed E-state index contributed by atoms with van der Waals surface area (Å²) in [6.07, 6.45) is 4.42. The Morgan fingerprint density at radius 1 is 0.935 bits per heavy atom. The highest BCUT2D eigenvalue weighted by Gasteiger charge is 2.30. The summed E-state index contributed by atoms with van der Waals surface area (Å²) >= 11 is 0. The molecular formula is C23H29N7O. The number of hydrogen-bond acceptors (Lipinski definition) is 6. The Morgan fingerprint density at radius 2 is 1.77 bits per heavy atom. The zero-order valence-electron chi connectivity index (χ0n) is 17.8. The lowest BCUT2D eigenvalue weighted by atomic mass is 9.95. The molecule has 5 rings (SSSR count). The maximum atomic E-state index is 13.2. The van der Waals surface area contributed by atoms with Crippen LogP contribution in [0.1, 0.15) is 24.8 Å². The van der Waals surface area contributed by atoms with Crippen LogP contribution in [-0.2, 0) is 11.3 Å². The molecule has 0 bridgehead atoms. The van der Waals surface area contributed by atoms with E-state index in [9.17, 15) is 4.79 Å². The van der Waals surface area contributed by atoms with Crippen molar-refractivity contribution in [3.8, 4) is 0 Å². The van der Waals surface area contributed by atoms with Crippen molar-refractivity contribution < 1.29 is 4.79 Å². The number of carbonyl (C=O) groups excluding carboxylic acids is 1. The van der Waals surface area contributed by atoms with E-state index in [2.05, 4.69) is 60.3 Å². The third-order valence-corrected chi connectivity index (χ3v) is 6.46. The minimum absolute atomic E-state index is 0.121. The second-order valence-corrected chi connectivity index (χ2v) is 8.53. The first-order chi connectivity index (χ1) is 15.3. The number of amides is 1. The first-order valence-electron chi connectivity index (χ1n) is 11.2. The number of rotatable bonds is 4. The van der Waals surface area contributed by atoms with Gasteiger partial charge in [0.1, 0.15) is 12.1 Å². The molecule has 2 saturated heterocycles. The highest BCUT2D eigenvalue weighted by Crippen LogP contribution is 2.24. The Kier molecular flexibility index (Phi) is 5.80. The van der Waals surface area contributed by atoms with Crippen molar-refractivity contribution in [3.63, 3.8) is 0 Å². The normalized spacial score (nSPS) is 19.0. The summed E-state index contributed by atoms with van der Waals surface area (Å²) in [6.45, 7) is 6.37. The molecular weight excluding hydrogens is 390 g/mol. The summed E-state index contributed by atoms with van der Waals surface area (Å²) in [5.41, 5.74) is 2.09. The van der Waals surface area contributed by atoms with Crippen LogP contribution < -0.4 is 4.90 Å². The molecule has 162 valence electrons. The number of hydrogen-bond donors (Lipinski definition) is 0. The number of piperidine rings is 1. The first kappa shape index (κ1) is 19.9. The molecule has 1 aromatic carbocycles. The van der Waals surface area contributed by atoms with Crippen molar-refractivity contribution in [2.75, 3.05) is 44.2 Å². The van der Waals surface area contributed by atoms with Crippen molar-refractivity contribution in [2.24, 2.45) is 5.92 Å². The van der Waals surface area contributed by atoms with Gasteiger partial charge in [0, 0.05) is 51.7 Å². The van der Waals surface area contributed by atoms with E-state index in [1.54, 1.807) is 10.8 Å². The molecule has 2 aliphatic heterocycles. The van der Waals surface area contributed by atoms with E-state index in [0.717, 1.165) is 76.5 Å². The maximum absolute atomic E-state index is 13.2. The third kappa shape index (κ3) is 4.54. The average molecular weight is 420 g/mol. The molecule has 2 aromatic heterocycles. The second kappa shape index (κ2) is 9.01. The number of aromatic nitrogens is 4. The molecule has 3 aromatic rings. The molecule has 8 nitrogen and oxygen atoms in total. The van der Waals surface area contributed by atoms with Crippen molar-refractivity contribution in [1.29, 1.82) is 0 Å². The van der Waals surface area contributed by atoms with Gasteiger partial charge in [-0.2, -0.15) is 4.52 Å². The lowest BCUT2D eigenvalue weighted by Crippen LogP contribution is -2.44. The predicted molar refractivity (Wildman–Crippen MR) is 119 cm³/mol. The fourth-order valence-corrected chi connectivity index (χ4v) is 4.69. The first-order valence-corrected chi connectivity index (χ1v) is 11.2. The molecule has 2 aliphatic rings. The smallest absolute Gasteiger partial charge is 0.225 e. The summed E-state index contributed by atoms with van der Waals surface area (Å²) in [4.78, 5) is 20.0. The van der Waals surface area contributed by atoms with Crippen molar-refractivity contribution in [3.05, 3.63) is 54.4 Å². The van der Waals surface area contributed by atoms with Gasteiger partial charge in [-0.15, -0.1) is 15.3 Å². The number of carbonyl (C=O) groups is 1. The molecule has 0 N–H and O–H groups in total. The van der Waals surface area contributed by atoms with E-state index < -0.39 is 0 Å². The SMILES string of the molecule is O=C(C1CCN(c2ccc3nncn3n2)CC1)N1CCCN(Cc2ccccc2)CC1. The largest absolute Gasteiger partial charge is 0.355 e. The lowest BCUT2D eigenvalue weighted by Gasteiger charge is -2.34. The van der Waals surface area contributed by atoms with Gasteiger partial charge < -0.3 is 9.80 Å². The third-order valence-electron chi connectivity index (χ3n) is 6.46. The minimum Gasteiger partial charge on any atom is -0.355 e. The van der Waals surface area contributed by atoms with Gasteiger partial charge >= 0.3 is 0 Å². The van der Waals surface area contributed by atoms with Crippen LogP contribution in [0, 0.1) is 5.92 Å². The van der Waals surface area contributed by atoms with Gasteiger partial charge in [0.2, 0.25) is 5.91 Å². The van der Waals surface area contributed by atoms with E-state index in [1.807, 2.05) is 12.1 Å². The molecule has 0 saturated carbocycles. The average Bonchev–Trinajstić information content (AvgIpc) is 3.17.